The number of alkyl halides is 3. The number of benzene rings is 1. The van der Waals surface area contributed by atoms with Gasteiger partial charge in [-0.1, -0.05) is 0 Å². The standard InChI is InChI=1S/C16H24F4N4O.HI/c1-21-15(22-8-9-23(2)12-16(18,19)20)24(3)10-11-25-14-6-4-13(17)5-7-14;/h4-7H,8-12H2,1-3H3,(H,21,22);1H. The monoisotopic (exact) mass is 492 g/mol. The molecule has 1 N–H and O–H groups in total. The predicted molar refractivity (Wildman–Crippen MR) is 105 cm³/mol. The van der Waals surface area contributed by atoms with Gasteiger partial charge in [0.15, 0.2) is 5.96 Å². The smallest absolute Gasteiger partial charge is 0.401 e. The molecular formula is C16H25F4IN4O. The minimum Gasteiger partial charge on any atom is -0.492 e. The van der Waals surface area contributed by atoms with E-state index in [1.54, 1.807) is 31.1 Å². The van der Waals surface area contributed by atoms with Crippen LogP contribution >= 0.6 is 24.0 Å². The van der Waals surface area contributed by atoms with E-state index in [-0.39, 0.29) is 36.3 Å². The Labute approximate surface area is 168 Å². The van der Waals surface area contributed by atoms with Crippen molar-refractivity contribution in [3.63, 3.8) is 0 Å². The molecule has 1 aromatic carbocycles. The fourth-order valence-electron chi connectivity index (χ4n) is 2.07. The maximum Gasteiger partial charge on any atom is 0.401 e. The van der Waals surface area contributed by atoms with E-state index in [0.29, 0.717) is 31.4 Å². The molecule has 0 heterocycles. The Morgan fingerprint density at radius 3 is 2.31 bits per heavy atom. The minimum absolute atomic E-state index is 0. The van der Waals surface area contributed by atoms with E-state index in [0.717, 1.165) is 0 Å². The molecule has 0 radical (unpaired) electrons. The number of nitrogens with one attached hydrogen (secondary N) is 1. The molecule has 1 rings (SSSR count). The first-order valence-electron chi connectivity index (χ1n) is 7.76. The number of ether oxygens (including phenoxy) is 1. The Kier molecular flexibility index (Phi) is 11.5. The second-order valence-corrected chi connectivity index (χ2v) is 5.55. The van der Waals surface area contributed by atoms with Gasteiger partial charge in [0.1, 0.15) is 18.2 Å². The SMILES string of the molecule is CN=C(NCCN(C)CC(F)(F)F)N(C)CCOc1ccc(F)cc1.I. The lowest BCUT2D eigenvalue weighted by Crippen LogP contribution is -2.44. The minimum atomic E-state index is -4.20. The molecule has 0 saturated heterocycles. The maximum absolute atomic E-state index is 12.8. The van der Waals surface area contributed by atoms with Crippen LogP contribution in [0.2, 0.25) is 0 Å². The molecule has 0 atom stereocenters. The summed E-state index contributed by atoms with van der Waals surface area (Å²) < 4.78 is 55.1. The molecule has 26 heavy (non-hydrogen) atoms. The van der Waals surface area contributed by atoms with E-state index >= 15 is 0 Å². The number of rotatable bonds is 8. The fourth-order valence-corrected chi connectivity index (χ4v) is 2.07. The summed E-state index contributed by atoms with van der Waals surface area (Å²) in [5, 5.41) is 3.00. The van der Waals surface area contributed by atoms with Gasteiger partial charge in [-0.2, -0.15) is 13.2 Å². The van der Waals surface area contributed by atoms with Crippen molar-refractivity contribution in [3.8, 4) is 5.75 Å². The maximum atomic E-state index is 12.8. The molecule has 0 amide bonds. The Morgan fingerprint density at radius 2 is 1.77 bits per heavy atom. The first kappa shape index (κ1) is 24.7. The van der Waals surface area contributed by atoms with Crippen LogP contribution in [-0.4, -0.2) is 75.9 Å². The van der Waals surface area contributed by atoms with E-state index in [1.807, 2.05) is 0 Å². The van der Waals surface area contributed by atoms with E-state index in [2.05, 4.69) is 10.3 Å². The first-order chi connectivity index (χ1) is 11.7. The third kappa shape index (κ3) is 10.6. The van der Waals surface area contributed by atoms with Crippen LogP contribution in [-0.2, 0) is 0 Å². The quantitative estimate of drug-likeness (QED) is 0.263. The zero-order chi connectivity index (χ0) is 18.9. The van der Waals surface area contributed by atoms with Gasteiger partial charge in [-0.05, 0) is 31.3 Å². The molecule has 0 bridgehead atoms. The number of hydrogen-bond acceptors (Lipinski definition) is 3. The zero-order valence-corrected chi connectivity index (χ0v) is 17.3. The van der Waals surface area contributed by atoms with Gasteiger partial charge in [0, 0.05) is 27.2 Å². The van der Waals surface area contributed by atoms with Gasteiger partial charge < -0.3 is 15.0 Å². The van der Waals surface area contributed by atoms with Crippen molar-refractivity contribution in [1.82, 2.24) is 15.1 Å². The Bertz CT molecular complexity index is 540. The van der Waals surface area contributed by atoms with Gasteiger partial charge >= 0.3 is 6.18 Å². The van der Waals surface area contributed by atoms with Crippen LogP contribution in [0.3, 0.4) is 0 Å². The number of likely N-dealkylation sites (N-methyl/N-ethyl adjacent to an activating group) is 2. The van der Waals surface area contributed by atoms with Crippen LogP contribution in [0.4, 0.5) is 17.6 Å². The second kappa shape index (κ2) is 12.2. The molecule has 0 aliphatic carbocycles. The summed E-state index contributed by atoms with van der Waals surface area (Å²) in [6.07, 6.45) is -4.20. The third-order valence-electron chi connectivity index (χ3n) is 3.31. The Hall–Kier alpha value is -1.30. The number of guanidine groups is 1. The highest BCUT2D eigenvalue weighted by molar-refractivity contribution is 14.0. The third-order valence-corrected chi connectivity index (χ3v) is 3.31. The van der Waals surface area contributed by atoms with E-state index in [9.17, 15) is 17.6 Å². The van der Waals surface area contributed by atoms with Crippen LogP contribution in [0.25, 0.3) is 0 Å². The highest BCUT2D eigenvalue weighted by Gasteiger charge is 2.28. The van der Waals surface area contributed by atoms with Gasteiger partial charge in [0.25, 0.3) is 0 Å². The number of hydrogen-bond donors (Lipinski definition) is 1. The Balaban J connectivity index is 0.00000625. The van der Waals surface area contributed by atoms with Crippen molar-refractivity contribution in [3.05, 3.63) is 30.1 Å². The molecule has 1 aromatic rings. The zero-order valence-electron chi connectivity index (χ0n) is 15.0. The summed E-state index contributed by atoms with van der Waals surface area (Å²) in [6, 6.07) is 5.71. The number of aliphatic imine (C=N–C) groups is 1. The normalized spacial score (nSPS) is 11.9. The van der Waals surface area contributed by atoms with Gasteiger partial charge in [-0.25, -0.2) is 4.39 Å². The van der Waals surface area contributed by atoms with Crippen molar-refractivity contribution in [2.75, 3.05) is 53.9 Å². The topological polar surface area (TPSA) is 40.1 Å². The lowest BCUT2D eigenvalue weighted by Gasteiger charge is -2.24. The lowest BCUT2D eigenvalue weighted by atomic mass is 10.3. The predicted octanol–water partition coefficient (Wildman–Crippen LogP) is 2.82. The van der Waals surface area contributed by atoms with Crippen LogP contribution in [0.1, 0.15) is 0 Å². The van der Waals surface area contributed by atoms with Crippen molar-refractivity contribution < 1.29 is 22.3 Å². The molecule has 0 saturated carbocycles. The fraction of sp³-hybridized carbons (Fsp3) is 0.562. The van der Waals surface area contributed by atoms with Crippen molar-refractivity contribution in [2.45, 2.75) is 6.18 Å². The van der Waals surface area contributed by atoms with Gasteiger partial charge in [0.2, 0.25) is 0 Å². The molecular weight excluding hydrogens is 467 g/mol. The van der Waals surface area contributed by atoms with E-state index in [1.165, 1.54) is 24.1 Å². The number of halogens is 5. The van der Waals surface area contributed by atoms with Gasteiger partial charge in [0.05, 0.1) is 13.1 Å². The van der Waals surface area contributed by atoms with Crippen molar-refractivity contribution in [2.24, 2.45) is 4.99 Å². The van der Waals surface area contributed by atoms with Crippen molar-refractivity contribution in [1.29, 1.82) is 0 Å². The Morgan fingerprint density at radius 1 is 1.15 bits per heavy atom. The summed E-state index contributed by atoms with van der Waals surface area (Å²) in [4.78, 5) is 7.07. The van der Waals surface area contributed by atoms with Crippen LogP contribution in [0.5, 0.6) is 5.75 Å². The van der Waals surface area contributed by atoms with Gasteiger partial charge in [-0.15, -0.1) is 24.0 Å². The van der Waals surface area contributed by atoms with E-state index in [4.69, 9.17) is 4.74 Å². The molecule has 0 aliphatic heterocycles. The lowest BCUT2D eigenvalue weighted by molar-refractivity contribution is -0.142. The summed E-state index contributed by atoms with van der Waals surface area (Å²) in [6.45, 7) is 0.488. The second-order valence-electron chi connectivity index (χ2n) is 5.55. The molecule has 10 heteroatoms. The summed E-state index contributed by atoms with van der Waals surface area (Å²) in [5.41, 5.74) is 0. The molecule has 0 unspecified atom stereocenters. The largest absolute Gasteiger partial charge is 0.492 e. The summed E-state index contributed by atoms with van der Waals surface area (Å²) in [7, 11) is 4.81. The summed E-state index contributed by atoms with van der Waals surface area (Å²) >= 11 is 0. The van der Waals surface area contributed by atoms with Crippen LogP contribution in [0, 0.1) is 5.82 Å². The molecule has 0 aliphatic rings. The average molecular weight is 492 g/mol. The average Bonchev–Trinajstić information content (AvgIpc) is 2.51. The van der Waals surface area contributed by atoms with Gasteiger partial charge in [-0.3, -0.25) is 9.89 Å². The molecule has 0 fully saturated rings. The highest BCUT2D eigenvalue weighted by atomic mass is 127. The molecule has 0 spiro atoms. The van der Waals surface area contributed by atoms with Crippen LogP contribution < -0.4 is 10.1 Å². The van der Waals surface area contributed by atoms with Crippen molar-refractivity contribution >= 4 is 29.9 Å². The first-order valence-corrected chi connectivity index (χ1v) is 7.76. The van der Waals surface area contributed by atoms with Crippen LogP contribution in [0.15, 0.2) is 29.3 Å². The molecule has 0 aromatic heterocycles. The highest BCUT2D eigenvalue weighted by Crippen LogP contribution is 2.15. The number of nitrogens with zero attached hydrogens (tertiary/aromatic N) is 3. The van der Waals surface area contributed by atoms with E-state index < -0.39 is 12.7 Å². The summed E-state index contributed by atoms with van der Waals surface area (Å²) in [5.74, 6) is 0.791. The molecule has 150 valence electrons. The molecule has 5 nitrogen and oxygen atoms in total.